The highest BCUT2D eigenvalue weighted by atomic mass is 127. The highest BCUT2D eigenvalue weighted by Crippen LogP contribution is 2.33. The summed E-state index contributed by atoms with van der Waals surface area (Å²) in [5, 5.41) is 3.45. The summed E-state index contributed by atoms with van der Waals surface area (Å²) >= 11 is 2.48. The zero-order valence-corrected chi connectivity index (χ0v) is 15.9. The minimum atomic E-state index is 0. The highest BCUT2D eigenvalue weighted by Gasteiger charge is 2.27. The van der Waals surface area contributed by atoms with Crippen molar-refractivity contribution >= 4 is 47.4 Å². The monoisotopic (exact) mass is 430 g/mol. The van der Waals surface area contributed by atoms with Gasteiger partial charge in [-0.25, -0.2) is 0 Å². The minimum absolute atomic E-state index is 0. The van der Waals surface area contributed by atoms with Gasteiger partial charge < -0.3 is 5.32 Å². The zero-order valence-electron chi connectivity index (χ0n) is 12.1. The molecule has 2 nitrogen and oxygen atoms in total. The number of hydrogen-bond acceptors (Lipinski definition) is 2. The van der Waals surface area contributed by atoms with Crippen molar-refractivity contribution in [2.75, 3.05) is 26.2 Å². The van der Waals surface area contributed by atoms with Crippen molar-refractivity contribution in [1.82, 2.24) is 10.2 Å². The summed E-state index contributed by atoms with van der Waals surface area (Å²) < 4.78 is 1.40. The highest BCUT2D eigenvalue weighted by molar-refractivity contribution is 14.1. The lowest BCUT2D eigenvalue weighted by molar-refractivity contribution is 0.128. The largest absolute Gasteiger partial charge is 0.314 e. The van der Waals surface area contributed by atoms with Gasteiger partial charge in [0.25, 0.3) is 0 Å². The molecule has 1 aliphatic rings. The second-order valence-corrected chi connectivity index (χ2v) is 6.30. The van der Waals surface area contributed by atoms with Crippen LogP contribution in [0.3, 0.4) is 0 Å². The molecule has 0 bridgehead atoms. The third-order valence-corrected chi connectivity index (χ3v) is 4.93. The molecule has 1 heterocycles. The molecule has 1 N–H and O–H groups in total. The zero-order chi connectivity index (χ0) is 13.0. The number of hydrogen-bond donors (Lipinski definition) is 1. The molecule has 1 saturated heterocycles. The number of halogens is 3. The average Bonchev–Trinajstić information content (AvgIpc) is 2.42. The van der Waals surface area contributed by atoms with Crippen molar-refractivity contribution in [3.63, 3.8) is 0 Å². The predicted molar refractivity (Wildman–Crippen MR) is 100 cm³/mol. The van der Waals surface area contributed by atoms with Crippen LogP contribution in [0.5, 0.6) is 0 Å². The summed E-state index contributed by atoms with van der Waals surface area (Å²) in [4.78, 5) is 2.65. The van der Waals surface area contributed by atoms with Crippen molar-refractivity contribution in [3.8, 4) is 0 Å². The van der Waals surface area contributed by atoms with E-state index in [-0.39, 0.29) is 24.8 Å². The van der Waals surface area contributed by atoms with E-state index in [4.69, 9.17) is 0 Å². The van der Waals surface area contributed by atoms with Gasteiger partial charge in [-0.2, -0.15) is 0 Å². The summed E-state index contributed by atoms with van der Waals surface area (Å²) in [5.41, 5.74) is 1.51. The van der Waals surface area contributed by atoms with Crippen LogP contribution in [0.25, 0.3) is 0 Å². The summed E-state index contributed by atoms with van der Waals surface area (Å²) in [5.74, 6) is 0.707. The minimum Gasteiger partial charge on any atom is -0.314 e. The van der Waals surface area contributed by atoms with E-state index >= 15 is 0 Å². The molecular formula is C15H25Cl2IN2. The van der Waals surface area contributed by atoms with Crippen molar-refractivity contribution in [2.45, 2.75) is 26.3 Å². The first-order valence-corrected chi connectivity index (χ1v) is 8.01. The number of piperazine rings is 1. The first-order valence-electron chi connectivity index (χ1n) is 6.93. The van der Waals surface area contributed by atoms with Gasteiger partial charge in [0.05, 0.1) is 0 Å². The molecule has 1 aromatic carbocycles. The van der Waals surface area contributed by atoms with Gasteiger partial charge in [-0.15, -0.1) is 24.8 Å². The fourth-order valence-electron chi connectivity index (χ4n) is 2.76. The first-order chi connectivity index (χ1) is 8.74. The van der Waals surface area contributed by atoms with Crippen LogP contribution in [-0.4, -0.2) is 31.1 Å². The van der Waals surface area contributed by atoms with Gasteiger partial charge in [-0.05, 0) is 40.1 Å². The van der Waals surface area contributed by atoms with Gasteiger partial charge in [-0.1, -0.05) is 38.5 Å². The van der Waals surface area contributed by atoms with Crippen molar-refractivity contribution in [2.24, 2.45) is 5.92 Å². The third-order valence-electron chi connectivity index (χ3n) is 3.95. The SMILES string of the molecule is CCC(C)[C@H](c1ccccc1I)N1CCNCC1.Cl.Cl. The molecule has 0 spiro atoms. The van der Waals surface area contributed by atoms with E-state index in [0.717, 1.165) is 13.1 Å². The predicted octanol–water partition coefficient (Wildman–Crippen LogP) is 4.13. The summed E-state index contributed by atoms with van der Waals surface area (Å²) in [6.45, 7) is 9.26. The Morgan fingerprint density at radius 2 is 1.80 bits per heavy atom. The maximum atomic E-state index is 3.45. The van der Waals surface area contributed by atoms with E-state index in [1.54, 1.807) is 0 Å². The van der Waals surface area contributed by atoms with Gasteiger partial charge in [0.1, 0.15) is 0 Å². The molecule has 2 atom stereocenters. The van der Waals surface area contributed by atoms with Gasteiger partial charge in [0.15, 0.2) is 0 Å². The Morgan fingerprint density at radius 1 is 1.20 bits per heavy atom. The Kier molecular flexibility index (Phi) is 10.5. The van der Waals surface area contributed by atoms with Crippen LogP contribution in [0.15, 0.2) is 24.3 Å². The average molecular weight is 431 g/mol. The van der Waals surface area contributed by atoms with Gasteiger partial charge in [0, 0.05) is 35.8 Å². The topological polar surface area (TPSA) is 15.3 Å². The summed E-state index contributed by atoms with van der Waals surface area (Å²) in [6, 6.07) is 9.42. The lowest BCUT2D eigenvalue weighted by atomic mass is 9.90. The lowest BCUT2D eigenvalue weighted by Crippen LogP contribution is -2.46. The van der Waals surface area contributed by atoms with Crippen LogP contribution in [0, 0.1) is 9.49 Å². The van der Waals surface area contributed by atoms with E-state index < -0.39 is 0 Å². The van der Waals surface area contributed by atoms with Crippen molar-refractivity contribution in [3.05, 3.63) is 33.4 Å². The van der Waals surface area contributed by atoms with E-state index in [0.29, 0.717) is 12.0 Å². The maximum Gasteiger partial charge on any atom is 0.0385 e. The Labute approximate surface area is 149 Å². The molecule has 116 valence electrons. The molecule has 0 saturated carbocycles. The molecule has 0 aromatic heterocycles. The fourth-order valence-corrected chi connectivity index (χ4v) is 3.47. The molecule has 0 amide bonds. The van der Waals surface area contributed by atoms with Crippen LogP contribution in [-0.2, 0) is 0 Å². The number of rotatable bonds is 4. The fraction of sp³-hybridized carbons (Fsp3) is 0.600. The van der Waals surface area contributed by atoms with Crippen LogP contribution in [0.1, 0.15) is 31.9 Å². The van der Waals surface area contributed by atoms with Crippen LogP contribution in [0.2, 0.25) is 0 Å². The molecule has 1 aromatic rings. The van der Waals surface area contributed by atoms with Crippen LogP contribution in [0.4, 0.5) is 0 Å². The van der Waals surface area contributed by atoms with Gasteiger partial charge in [0.2, 0.25) is 0 Å². The summed E-state index contributed by atoms with van der Waals surface area (Å²) in [7, 11) is 0. The van der Waals surface area contributed by atoms with Crippen molar-refractivity contribution < 1.29 is 0 Å². The van der Waals surface area contributed by atoms with Crippen LogP contribution >= 0.6 is 47.4 Å². The smallest absolute Gasteiger partial charge is 0.0385 e. The second-order valence-electron chi connectivity index (χ2n) is 5.14. The maximum absolute atomic E-state index is 3.45. The molecule has 5 heteroatoms. The number of nitrogens with zero attached hydrogens (tertiary/aromatic N) is 1. The normalized spacial score (nSPS) is 18.6. The Hall–Kier alpha value is 0.450. The Bertz CT molecular complexity index is 384. The quantitative estimate of drug-likeness (QED) is 0.722. The van der Waals surface area contributed by atoms with E-state index in [2.05, 4.69) is 70.9 Å². The molecule has 1 fully saturated rings. The molecule has 20 heavy (non-hydrogen) atoms. The molecule has 0 radical (unpaired) electrons. The Morgan fingerprint density at radius 3 is 2.35 bits per heavy atom. The number of benzene rings is 1. The standard InChI is InChI=1S/C15H23IN2.2ClH/c1-3-12(2)15(18-10-8-17-9-11-18)13-6-4-5-7-14(13)16;;/h4-7,12,15,17H,3,8-11H2,1-2H3;2*1H/t12?,15-;;/m1../s1. The second kappa shape index (κ2) is 10.2. The first kappa shape index (κ1) is 20.5. The number of nitrogens with one attached hydrogen (secondary N) is 1. The molecular weight excluding hydrogens is 406 g/mol. The van der Waals surface area contributed by atoms with Gasteiger partial charge in [-0.3, -0.25) is 4.90 Å². The van der Waals surface area contributed by atoms with Gasteiger partial charge >= 0.3 is 0 Å². The van der Waals surface area contributed by atoms with E-state index in [1.807, 2.05) is 0 Å². The van der Waals surface area contributed by atoms with Crippen molar-refractivity contribution in [1.29, 1.82) is 0 Å². The Balaban J connectivity index is 0.00000180. The lowest BCUT2D eigenvalue weighted by Gasteiger charge is -2.38. The van der Waals surface area contributed by atoms with E-state index in [1.165, 1.54) is 28.6 Å². The molecule has 1 unspecified atom stereocenters. The third kappa shape index (κ3) is 5.02. The molecule has 0 aliphatic carbocycles. The summed E-state index contributed by atoms with van der Waals surface area (Å²) in [6.07, 6.45) is 1.24. The molecule has 2 rings (SSSR count). The molecule has 1 aliphatic heterocycles. The van der Waals surface area contributed by atoms with E-state index in [9.17, 15) is 0 Å². The van der Waals surface area contributed by atoms with Crippen LogP contribution < -0.4 is 5.32 Å².